The SMILES string of the molecule is CCCC[C@@]12CCCC[C@]1(OC(C)=O)C2. The summed E-state index contributed by atoms with van der Waals surface area (Å²) in [5.41, 5.74) is 0.346. The van der Waals surface area contributed by atoms with Gasteiger partial charge in [0.05, 0.1) is 0 Å². The van der Waals surface area contributed by atoms with Crippen LogP contribution in [0.2, 0.25) is 0 Å². The lowest BCUT2D eigenvalue weighted by Crippen LogP contribution is -2.29. The van der Waals surface area contributed by atoms with Crippen molar-refractivity contribution in [2.75, 3.05) is 0 Å². The third-order valence-electron chi connectivity index (χ3n) is 4.30. The number of carbonyl (C=O) groups excluding carboxylic acids is 1. The summed E-state index contributed by atoms with van der Waals surface area (Å²) in [4.78, 5) is 11.1. The van der Waals surface area contributed by atoms with Crippen LogP contribution in [0.4, 0.5) is 0 Å². The second kappa shape index (κ2) is 3.80. The third-order valence-corrected chi connectivity index (χ3v) is 4.30. The lowest BCUT2D eigenvalue weighted by molar-refractivity contribution is -0.152. The molecular weight excluding hydrogens is 188 g/mol. The van der Waals surface area contributed by atoms with Gasteiger partial charge in [-0.05, 0) is 32.1 Å². The van der Waals surface area contributed by atoms with Gasteiger partial charge in [-0.25, -0.2) is 0 Å². The van der Waals surface area contributed by atoms with Crippen LogP contribution in [-0.4, -0.2) is 11.6 Å². The van der Waals surface area contributed by atoms with Crippen molar-refractivity contribution in [3.8, 4) is 0 Å². The zero-order valence-electron chi connectivity index (χ0n) is 9.97. The van der Waals surface area contributed by atoms with Crippen molar-refractivity contribution in [1.82, 2.24) is 0 Å². The van der Waals surface area contributed by atoms with Crippen LogP contribution in [0.1, 0.15) is 65.2 Å². The molecule has 0 unspecified atom stereocenters. The van der Waals surface area contributed by atoms with E-state index in [1.165, 1.54) is 38.5 Å². The summed E-state index contributed by atoms with van der Waals surface area (Å²) < 4.78 is 5.61. The van der Waals surface area contributed by atoms with Crippen LogP contribution in [-0.2, 0) is 9.53 Å². The van der Waals surface area contributed by atoms with E-state index in [9.17, 15) is 4.79 Å². The highest BCUT2D eigenvalue weighted by molar-refractivity contribution is 5.67. The Morgan fingerprint density at radius 2 is 2.07 bits per heavy atom. The monoisotopic (exact) mass is 210 g/mol. The zero-order valence-corrected chi connectivity index (χ0v) is 9.97. The van der Waals surface area contributed by atoms with E-state index in [0.29, 0.717) is 5.41 Å². The van der Waals surface area contributed by atoms with Crippen LogP contribution in [0.3, 0.4) is 0 Å². The van der Waals surface area contributed by atoms with E-state index in [0.717, 1.165) is 12.8 Å². The van der Waals surface area contributed by atoms with E-state index >= 15 is 0 Å². The molecule has 0 aromatic rings. The van der Waals surface area contributed by atoms with Gasteiger partial charge in [-0.3, -0.25) is 4.79 Å². The number of unbranched alkanes of at least 4 members (excludes halogenated alkanes) is 1. The Labute approximate surface area is 92.4 Å². The number of hydrogen-bond donors (Lipinski definition) is 0. The molecule has 2 nitrogen and oxygen atoms in total. The Bertz CT molecular complexity index is 261. The highest BCUT2D eigenvalue weighted by Gasteiger charge is 2.69. The van der Waals surface area contributed by atoms with Gasteiger partial charge in [-0.15, -0.1) is 0 Å². The van der Waals surface area contributed by atoms with Crippen molar-refractivity contribution in [3.63, 3.8) is 0 Å². The highest BCUT2D eigenvalue weighted by Crippen LogP contribution is 2.69. The lowest BCUT2D eigenvalue weighted by atomic mass is 9.82. The number of hydrogen-bond acceptors (Lipinski definition) is 2. The summed E-state index contributed by atoms with van der Waals surface area (Å²) in [5.74, 6) is -0.0877. The highest BCUT2D eigenvalue weighted by atomic mass is 16.6. The summed E-state index contributed by atoms with van der Waals surface area (Å²) in [7, 11) is 0. The van der Waals surface area contributed by atoms with Crippen LogP contribution in [0, 0.1) is 5.41 Å². The van der Waals surface area contributed by atoms with Crippen LogP contribution < -0.4 is 0 Å². The minimum Gasteiger partial charge on any atom is -0.459 e. The number of rotatable bonds is 4. The Hall–Kier alpha value is -0.530. The summed E-state index contributed by atoms with van der Waals surface area (Å²) in [6, 6.07) is 0. The van der Waals surface area contributed by atoms with Gasteiger partial charge >= 0.3 is 5.97 Å². The topological polar surface area (TPSA) is 26.3 Å². The molecule has 2 aliphatic rings. The minimum atomic E-state index is -0.0877. The van der Waals surface area contributed by atoms with E-state index in [4.69, 9.17) is 4.74 Å². The molecule has 2 aliphatic carbocycles. The smallest absolute Gasteiger partial charge is 0.303 e. The number of esters is 1. The first-order valence-electron chi connectivity index (χ1n) is 6.34. The van der Waals surface area contributed by atoms with E-state index in [-0.39, 0.29) is 11.6 Å². The van der Waals surface area contributed by atoms with Gasteiger partial charge in [0, 0.05) is 12.3 Å². The van der Waals surface area contributed by atoms with Crippen LogP contribution in [0.25, 0.3) is 0 Å². The van der Waals surface area contributed by atoms with Crippen LogP contribution >= 0.6 is 0 Å². The molecular formula is C13H22O2. The van der Waals surface area contributed by atoms with E-state index in [1.54, 1.807) is 6.92 Å². The number of ether oxygens (including phenoxy) is 1. The van der Waals surface area contributed by atoms with Crippen molar-refractivity contribution in [1.29, 1.82) is 0 Å². The molecule has 0 aromatic heterocycles. The fourth-order valence-electron chi connectivity index (χ4n) is 3.47. The van der Waals surface area contributed by atoms with Gasteiger partial charge in [-0.1, -0.05) is 26.2 Å². The molecule has 0 bridgehead atoms. The Morgan fingerprint density at radius 3 is 2.73 bits per heavy atom. The maximum Gasteiger partial charge on any atom is 0.303 e. The first kappa shape index (κ1) is 11.0. The molecule has 2 atom stereocenters. The molecule has 86 valence electrons. The van der Waals surface area contributed by atoms with Gasteiger partial charge < -0.3 is 4.74 Å². The maximum absolute atomic E-state index is 11.1. The van der Waals surface area contributed by atoms with E-state index < -0.39 is 0 Å². The van der Waals surface area contributed by atoms with Gasteiger partial charge in [0.2, 0.25) is 0 Å². The Morgan fingerprint density at radius 1 is 1.33 bits per heavy atom. The second-order valence-electron chi connectivity index (χ2n) is 5.36. The summed E-state index contributed by atoms with van der Waals surface area (Å²) in [6.07, 6.45) is 9.88. The predicted octanol–water partition coefficient (Wildman–Crippen LogP) is 3.44. The molecule has 0 aliphatic heterocycles. The Kier molecular flexibility index (Phi) is 2.78. The average molecular weight is 210 g/mol. The van der Waals surface area contributed by atoms with Crippen molar-refractivity contribution >= 4 is 5.97 Å². The standard InChI is InChI=1S/C13H22O2/c1-3-4-7-12-8-5-6-9-13(12,10-12)15-11(2)14/h3-10H2,1-2H3/t12-,13-/m0/s1. The van der Waals surface area contributed by atoms with E-state index in [1.807, 2.05) is 0 Å². The minimum absolute atomic E-state index is 0.0355. The number of fused-ring (bicyclic) bond motifs is 1. The number of carbonyl (C=O) groups is 1. The molecule has 2 heteroatoms. The van der Waals surface area contributed by atoms with Gasteiger partial charge in [0.15, 0.2) is 0 Å². The van der Waals surface area contributed by atoms with Crippen molar-refractivity contribution in [2.24, 2.45) is 5.41 Å². The van der Waals surface area contributed by atoms with Crippen molar-refractivity contribution in [2.45, 2.75) is 70.8 Å². The molecule has 0 amide bonds. The molecule has 2 rings (SSSR count). The van der Waals surface area contributed by atoms with Crippen LogP contribution in [0.15, 0.2) is 0 Å². The summed E-state index contributed by atoms with van der Waals surface area (Å²) in [5, 5.41) is 0. The molecule has 2 fully saturated rings. The fourth-order valence-corrected chi connectivity index (χ4v) is 3.47. The first-order valence-corrected chi connectivity index (χ1v) is 6.34. The van der Waals surface area contributed by atoms with Gasteiger partial charge in [0.25, 0.3) is 0 Å². The maximum atomic E-state index is 11.1. The van der Waals surface area contributed by atoms with Crippen molar-refractivity contribution in [3.05, 3.63) is 0 Å². The normalized spacial score (nSPS) is 38.3. The second-order valence-corrected chi connectivity index (χ2v) is 5.36. The average Bonchev–Trinajstić information content (AvgIpc) is 2.82. The molecule has 0 aromatic carbocycles. The van der Waals surface area contributed by atoms with Crippen molar-refractivity contribution < 1.29 is 9.53 Å². The molecule has 0 spiro atoms. The molecule has 2 saturated carbocycles. The van der Waals surface area contributed by atoms with E-state index in [2.05, 4.69) is 6.92 Å². The largest absolute Gasteiger partial charge is 0.459 e. The van der Waals surface area contributed by atoms with Gasteiger partial charge in [0.1, 0.15) is 5.60 Å². The molecule has 0 heterocycles. The summed E-state index contributed by atoms with van der Waals surface area (Å²) in [6.45, 7) is 3.78. The third kappa shape index (κ3) is 1.79. The quantitative estimate of drug-likeness (QED) is 0.664. The lowest BCUT2D eigenvalue weighted by Gasteiger charge is -2.30. The molecule has 0 radical (unpaired) electrons. The predicted molar refractivity (Wildman–Crippen MR) is 59.5 cm³/mol. The van der Waals surface area contributed by atoms with Crippen LogP contribution in [0.5, 0.6) is 0 Å². The summed E-state index contributed by atoms with van der Waals surface area (Å²) >= 11 is 0. The fraction of sp³-hybridized carbons (Fsp3) is 0.923. The zero-order chi connectivity index (χ0) is 10.9. The molecule has 15 heavy (non-hydrogen) atoms. The molecule has 0 N–H and O–H groups in total. The first-order chi connectivity index (χ1) is 7.14. The van der Waals surface area contributed by atoms with Gasteiger partial charge in [-0.2, -0.15) is 0 Å². The Balaban J connectivity index is 2.02. The molecule has 0 saturated heterocycles.